The van der Waals surface area contributed by atoms with Gasteiger partial charge in [-0.25, -0.2) is 0 Å². The van der Waals surface area contributed by atoms with E-state index in [0.29, 0.717) is 6.42 Å². The molecule has 3 rings (SSSR count). The van der Waals surface area contributed by atoms with E-state index in [1.807, 2.05) is 12.1 Å². The van der Waals surface area contributed by atoms with Gasteiger partial charge in [0.15, 0.2) is 5.78 Å². The zero-order chi connectivity index (χ0) is 13.3. The minimum absolute atomic E-state index is 0.218. The van der Waals surface area contributed by atoms with Crippen molar-refractivity contribution in [2.45, 2.75) is 44.1 Å². The van der Waals surface area contributed by atoms with Gasteiger partial charge >= 0.3 is 0 Å². The van der Waals surface area contributed by atoms with Crippen LogP contribution >= 0.6 is 11.3 Å². The van der Waals surface area contributed by atoms with Gasteiger partial charge in [-0.05, 0) is 35.2 Å². The Morgan fingerprint density at radius 2 is 1.95 bits per heavy atom. The van der Waals surface area contributed by atoms with Crippen LogP contribution in [0.1, 0.15) is 37.7 Å². The molecule has 3 heteroatoms. The van der Waals surface area contributed by atoms with Gasteiger partial charge in [0.05, 0.1) is 5.54 Å². The SMILES string of the molecule is NC1(C(=O)Cc2csc3ccccc23)CCCCC1. The molecule has 1 saturated carbocycles. The van der Waals surface area contributed by atoms with E-state index >= 15 is 0 Å². The highest BCUT2D eigenvalue weighted by molar-refractivity contribution is 7.17. The summed E-state index contributed by atoms with van der Waals surface area (Å²) < 4.78 is 1.25. The molecule has 100 valence electrons. The minimum atomic E-state index is -0.568. The smallest absolute Gasteiger partial charge is 0.157 e. The lowest BCUT2D eigenvalue weighted by atomic mass is 9.78. The summed E-state index contributed by atoms with van der Waals surface area (Å²) in [7, 11) is 0. The summed E-state index contributed by atoms with van der Waals surface area (Å²) in [6, 6.07) is 8.27. The van der Waals surface area contributed by atoms with Crippen molar-refractivity contribution < 1.29 is 4.79 Å². The van der Waals surface area contributed by atoms with Crippen LogP contribution in [0.4, 0.5) is 0 Å². The Balaban J connectivity index is 1.82. The molecule has 2 N–H and O–H groups in total. The second-order valence-corrected chi connectivity index (χ2v) is 6.49. The van der Waals surface area contributed by atoms with E-state index in [9.17, 15) is 4.79 Å². The Kier molecular flexibility index (Phi) is 3.42. The van der Waals surface area contributed by atoms with Gasteiger partial charge in [-0.3, -0.25) is 4.79 Å². The summed E-state index contributed by atoms with van der Waals surface area (Å²) in [5.41, 5.74) is 6.89. The molecule has 0 radical (unpaired) electrons. The lowest BCUT2D eigenvalue weighted by Gasteiger charge is -2.31. The minimum Gasteiger partial charge on any atom is -0.319 e. The first-order chi connectivity index (χ1) is 9.19. The predicted molar refractivity (Wildman–Crippen MR) is 80.5 cm³/mol. The normalized spacial score (nSPS) is 18.6. The number of hydrogen-bond donors (Lipinski definition) is 1. The summed E-state index contributed by atoms with van der Waals surface area (Å²) in [6.45, 7) is 0. The number of ketones is 1. The topological polar surface area (TPSA) is 43.1 Å². The Bertz CT molecular complexity index is 596. The molecule has 0 saturated heterocycles. The molecule has 0 aliphatic heterocycles. The number of thiophene rings is 1. The monoisotopic (exact) mass is 273 g/mol. The Hall–Kier alpha value is -1.19. The highest BCUT2D eigenvalue weighted by Gasteiger charge is 2.34. The molecule has 1 aromatic heterocycles. The van der Waals surface area contributed by atoms with Gasteiger partial charge < -0.3 is 5.73 Å². The van der Waals surface area contributed by atoms with Crippen LogP contribution in [0.15, 0.2) is 29.6 Å². The van der Waals surface area contributed by atoms with Crippen LogP contribution in [0.5, 0.6) is 0 Å². The van der Waals surface area contributed by atoms with E-state index in [4.69, 9.17) is 5.73 Å². The number of benzene rings is 1. The predicted octanol–water partition coefficient (Wildman–Crippen LogP) is 3.67. The maximum Gasteiger partial charge on any atom is 0.157 e. The van der Waals surface area contributed by atoms with Crippen molar-refractivity contribution in [2.24, 2.45) is 5.73 Å². The van der Waals surface area contributed by atoms with Crippen molar-refractivity contribution >= 4 is 27.2 Å². The molecule has 0 bridgehead atoms. The summed E-state index contributed by atoms with van der Waals surface area (Å²) in [6.07, 6.45) is 5.59. The van der Waals surface area contributed by atoms with E-state index in [0.717, 1.165) is 31.2 Å². The molecule has 0 unspecified atom stereocenters. The summed E-state index contributed by atoms with van der Waals surface area (Å²) in [5.74, 6) is 0.218. The van der Waals surface area contributed by atoms with Crippen molar-refractivity contribution in [2.75, 3.05) is 0 Å². The first kappa shape index (κ1) is 12.8. The van der Waals surface area contributed by atoms with Crippen LogP contribution in [0, 0.1) is 0 Å². The molecule has 1 aliphatic carbocycles. The lowest BCUT2D eigenvalue weighted by Crippen LogP contribution is -2.50. The molecular weight excluding hydrogens is 254 g/mol. The van der Waals surface area contributed by atoms with Gasteiger partial charge in [0.2, 0.25) is 0 Å². The zero-order valence-electron chi connectivity index (χ0n) is 11.0. The standard InChI is InChI=1S/C16H19NOS/c17-16(8-4-1-5-9-16)15(18)10-12-11-19-14-7-3-2-6-13(12)14/h2-3,6-7,11H,1,4-5,8-10,17H2. The number of carbonyl (C=O) groups excluding carboxylic acids is 1. The number of nitrogens with two attached hydrogens (primary N) is 1. The molecule has 0 atom stereocenters. The zero-order valence-corrected chi connectivity index (χ0v) is 11.8. The van der Waals surface area contributed by atoms with Crippen molar-refractivity contribution in [3.05, 3.63) is 35.2 Å². The Morgan fingerprint density at radius 3 is 2.74 bits per heavy atom. The van der Waals surface area contributed by atoms with E-state index < -0.39 is 5.54 Å². The molecule has 1 heterocycles. The first-order valence-corrected chi connectivity index (χ1v) is 7.84. The van der Waals surface area contributed by atoms with Crippen LogP contribution in [-0.2, 0) is 11.2 Å². The van der Waals surface area contributed by atoms with Crippen LogP contribution < -0.4 is 5.73 Å². The molecule has 2 nitrogen and oxygen atoms in total. The maximum atomic E-state index is 12.5. The molecular formula is C16H19NOS. The number of fused-ring (bicyclic) bond motifs is 1. The van der Waals surface area contributed by atoms with Gasteiger partial charge in [-0.1, -0.05) is 37.5 Å². The van der Waals surface area contributed by atoms with Gasteiger partial charge in [-0.15, -0.1) is 11.3 Å². The quantitative estimate of drug-likeness (QED) is 0.927. The number of rotatable bonds is 3. The average Bonchev–Trinajstić information content (AvgIpc) is 2.83. The Morgan fingerprint density at radius 1 is 1.21 bits per heavy atom. The fraction of sp³-hybridized carbons (Fsp3) is 0.438. The third-order valence-corrected chi connectivity index (χ3v) is 5.23. The molecule has 19 heavy (non-hydrogen) atoms. The molecule has 1 aliphatic rings. The van der Waals surface area contributed by atoms with E-state index in [1.54, 1.807) is 11.3 Å². The molecule has 2 aromatic rings. The van der Waals surface area contributed by atoms with E-state index in [-0.39, 0.29) is 5.78 Å². The van der Waals surface area contributed by atoms with Gasteiger partial charge in [0, 0.05) is 11.1 Å². The second kappa shape index (κ2) is 5.06. The summed E-state index contributed by atoms with van der Waals surface area (Å²) in [5, 5.41) is 3.31. The van der Waals surface area contributed by atoms with Crippen LogP contribution in [0.2, 0.25) is 0 Å². The van der Waals surface area contributed by atoms with E-state index in [2.05, 4.69) is 17.5 Å². The average molecular weight is 273 g/mol. The maximum absolute atomic E-state index is 12.5. The number of carbonyl (C=O) groups is 1. The highest BCUT2D eigenvalue weighted by Crippen LogP contribution is 2.31. The van der Waals surface area contributed by atoms with Gasteiger partial charge in [-0.2, -0.15) is 0 Å². The fourth-order valence-electron chi connectivity index (χ4n) is 2.98. The van der Waals surface area contributed by atoms with Gasteiger partial charge in [0.1, 0.15) is 0 Å². The first-order valence-electron chi connectivity index (χ1n) is 6.96. The number of Topliss-reactive ketones (excluding diaryl/α,β-unsaturated/α-hetero) is 1. The van der Waals surface area contributed by atoms with Crippen molar-refractivity contribution in [3.63, 3.8) is 0 Å². The molecule has 0 amide bonds. The Labute approximate surface area is 117 Å². The summed E-state index contributed by atoms with van der Waals surface area (Å²) >= 11 is 1.71. The lowest BCUT2D eigenvalue weighted by molar-refractivity contribution is -0.124. The fourth-order valence-corrected chi connectivity index (χ4v) is 3.94. The van der Waals surface area contributed by atoms with Crippen LogP contribution in [-0.4, -0.2) is 11.3 Å². The van der Waals surface area contributed by atoms with Crippen molar-refractivity contribution in [3.8, 4) is 0 Å². The molecule has 0 spiro atoms. The largest absolute Gasteiger partial charge is 0.319 e. The molecule has 1 fully saturated rings. The molecule has 1 aromatic carbocycles. The third-order valence-electron chi connectivity index (χ3n) is 4.21. The highest BCUT2D eigenvalue weighted by atomic mass is 32.1. The van der Waals surface area contributed by atoms with E-state index in [1.165, 1.54) is 16.5 Å². The number of hydrogen-bond acceptors (Lipinski definition) is 3. The van der Waals surface area contributed by atoms with Crippen LogP contribution in [0.25, 0.3) is 10.1 Å². The second-order valence-electron chi connectivity index (χ2n) is 5.57. The summed E-state index contributed by atoms with van der Waals surface area (Å²) in [4.78, 5) is 12.5. The third kappa shape index (κ3) is 2.45. The van der Waals surface area contributed by atoms with Crippen LogP contribution in [0.3, 0.4) is 0 Å². The van der Waals surface area contributed by atoms with Crippen molar-refractivity contribution in [1.29, 1.82) is 0 Å². The van der Waals surface area contributed by atoms with Gasteiger partial charge in [0.25, 0.3) is 0 Å². The van der Waals surface area contributed by atoms with Crippen molar-refractivity contribution in [1.82, 2.24) is 0 Å².